The number of piperidine rings is 1. The highest BCUT2D eigenvalue weighted by molar-refractivity contribution is 6.21. The van der Waals surface area contributed by atoms with Crippen molar-refractivity contribution in [3.63, 3.8) is 0 Å². The molecule has 1 unspecified atom stereocenters. The van der Waals surface area contributed by atoms with Crippen LogP contribution < -0.4 is 20.8 Å². The van der Waals surface area contributed by atoms with E-state index in [9.17, 15) is 34.5 Å². The van der Waals surface area contributed by atoms with E-state index in [-0.39, 0.29) is 61.5 Å². The van der Waals surface area contributed by atoms with Crippen LogP contribution in [0.2, 0.25) is 0 Å². The number of hydrogen-bond donors (Lipinski definition) is 4. The van der Waals surface area contributed by atoms with Crippen LogP contribution in [0.5, 0.6) is 17.2 Å². The molecule has 6 aliphatic rings. The number of anilines is 1. The summed E-state index contributed by atoms with van der Waals surface area (Å²) in [4.78, 5) is 66.5. The number of carboxylic acids is 1. The Kier molecular flexibility index (Phi) is 14.0. The molecule has 7 bridgehead atoms. The number of amides is 1. The number of carboxylic acid groups (broad SMARTS) is 1. The van der Waals surface area contributed by atoms with E-state index in [1.165, 1.54) is 27.2 Å². The van der Waals surface area contributed by atoms with Crippen LogP contribution in [0.15, 0.2) is 46.1 Å². The number of nitrogens with zero attached hydrogens (tertiary/aromatic N) is 3. The highest BCUT2D eigenvalue weighted by Crippen LogP contribution is 2.51. The summed E-state index contributed by atoms with van der Waals surface area (Å²) in [6.07, 6.45) is 6.45. The standard InChI is InChI=1S/C51H68N4O13/c1-24(2)23-55-20-18-51(19-21-55)53-36-33-34-39(56)28(6)44-35(33)45(58)50(12,68-44)64-22-17-32(63-13)27(5)42(65-48(62)31(9)47(60)61)30(8)43-29(7)41(66-49(10,11)67-43)25(3)15-14-16-26(4)46(59)52-38(40(34)57)37(36)54-51/h14-17,22,24-25,27,29-32,41-43,53,56-57H,18-21,23H2,1-13H3,(H,60,61)/b15-14+,22-17+,26-16-,52-38?/t25-,27+,29+,30-,31?,32-,41-,42+,43+,50-/m0/s1. The maximum absolute atomic E-state index is 14.9. The van der Waals surface area contributed by atoms with Crippen LogP contribution in [0.1, 0.15) is 105 Å². The number of carbonyl (C=O) groups excluding carboxylic acids is 3. The first-order valence-electron chi connectivity index (χ1n) is 23.7. The number of benzene rings is 2. The predicted molar refractivity (Wildman–Crippen MR) is 251 cm³/mol. The smallest absolute Gasteiger partial charge is 0.320 e. The van der Waals surface area contributed by atoms with E-state index in [0.29, 0.717) is 37.5 Å². The molecular weight excluding hydrogens is 877 g/mol. The number of ether oxygens (including phenoxy) is 6. The zero-order chi connectivity index (χ0) is 49.9. The van der Waals surface area contributed by atoms with Crippen molar-refractivity contribution in [1.29, 1.82) is 0 Å². The van der Waals surface area contributed by atoms with E-state index in [4.69, 9.17) is 33.4 Å². The van der Waals surface area contributed by atoms with Crippen molar-refractivity contribution < 1.29 is 62.9 Å². The van der Waals surface area contributed by atoms with Crippen LogP contribution in [0.4, 0.5) is 5.69 Å². The van der Waals surface area contributed by atoms with Gasteiger partial charge >= 0.3 is 17.7 Å². The Balaban J connectivity index is 1.41. The maximum atomic E-state index is 14.9. The summed E-state index contributed by atoms with van der Waals surface area (Å²) in [5.41, 5.74) is -0.125. The number of phenols is 2. The van der Waals surface area contributed by atoms with E-state index in [1.807, 2.05) is 26.8 Å². The lowest BCUT2D eigenvalue weighted by atomic mass is 9.77. The number of aliphatic carboxylic acids is 1. The number of hydrogen-bond acceptors (Lipinski definition) is 15. The Morgan fingerprint density at radius 1 is 0.926 bits per heavy atom. The lowest BCUT2D eigenvalue weighted by molar-refractivity contribution is -0.336. The van der Waals surface area contributed by atoms with Gasteiger partial charge in [-0.15, -0.1) is 0 Å². The Morgan fingerprint density at radius 3 is 2.22 bits per heavy atom. The fourth-order valence-corrected chi connectivity index (χ4v) is 10.5. The molecule has 2 fully saturated rings. The van der Waals surface area contributed by atoms with Gasteiger partial charge in [0.15, 0.2) is 17.5 Å². The fourth-order valence-electron chi connectivity index (χ4n) is 10.5. The SMILES string of the molecule is CO[C@H]1/C=C/O[C@@]2(C)Oc3c(C)c(O)c4c(O)c(c5c(c4c3C2=O)NC2(CCN(CC(C)C)CC2)N=5)=NC(=O)/C(C)=C\C=C\[C@H](C)[C@@H]2OC(C)(C)O[C@@H]([C@@H](C)[C@H](OC(=O)C(C)C(=O)O)[C@@H]1C)[C@@H]2C. The molecule has 1 amide bonds. The zero-order valence-corrected chi connectivity index (χ0v) is 41.5. The number of esters is 1. The number of fused-ring (bicyclic) bond motifs is 9. The van der Waals surface area contributed by atoms with Crippen LogP contribution in [0.25, 0.3) is 10.8 Å². The Hall–Kier alpha value is -5.36. The van der Waals surface area contributed by atoms with Crippen molar-refractivity contribution in [3.05, 3.63) is 58.0 Å². The van der Waals surface area contributed by atoms with Gasteiger partial charge in [0.1, 0.15) is 34.0 Å². The number of allylic oxidation sites excluding steroid dienone is 2. The summed E-state index contributed by atoms with van der Waals surface area (Å²) in [5, 5.41) is 37.6. The van der Waals surface area contributed by atoms with Crippen LogP contribution in [0, 0.1) is 42.4 Å². The molecular formula is C51H68N4O13. The molecule has 0 radical (unpaired) electrons. The molecule has 8 rings (SSSR count). The van der Waals surface area contributed by atoms with E-state index in [0.717, 1.165) is 6.54 Å². The lowest BCUT2D eigenvalue weighted by Crippen LogP contribution is -2.57. The van der Waals surface area contributed by atoms with Crippen LogP contribution >= 0.6 is 0 Å². The topological polar surface area (TPSA) is 224 Å². The molecule has 6 aliphatic heterocycles. The molecule has 2 aromatic carbocycles. The Bertz CT molecular complexity index is 2590. The number of carbonyl (C=O) groups is 4. The van der Waals surface area contributed by atoms with Gasteiger partial charge in [0, 0.05) is 86.7 Å². The monoisotopic (exact) mass is 944 g/mol. The molecule has 370 valence electrons. The number of phenolic OH excluding ortho intramolecular Hbond substituents is 2. The number of Topliss-reactive ketones (excluding diaryl/α,β-unsaturated/α-hetero) is 1. The van der Waals surface area contributed by atoms with Gasteiger partial charge in [-0.3, -0.25) is 24.2 Å². The molecule has 17 nitrogen and oxygen atoms in total. The molecule has 4 N–H and O–H groups in total. The molecule has 68 heavy (non-hydrogen) atoms. The molecule has 6 heterocycles. The van der Waals surface area contributed by atoms with E-state index >= 15 is 0 Å². The molecule has 2 aromatic rings. The van der Waals surface area contributed by atoms with E-state index < -0.39 is 88.8 Å². The third-order valence-electron chi connectivity index (χ3n) is 14.3. The number of likely N-dealkylation sites (tertiary alicyclic amines) is 1. The van der Waals surface area contributed by atoms with E-state index in [1.54, 1.807) is 52.8 Å². The number of aromatic hydroxyl groups is 2. The number of ketones is 1. The average Bonchev–Trinajstić information content (AvgIpc) is 3.78. The second kappa shape index (κ2) is 18.9. The molecule has 0 saturated carbocycles. The molecule has 0 aliphatic carbocycles. The first-order chi connectivity index (χ1) is 31.8. The van der Waals surface area contributed by atoms with Gasteiger partial charge in [-0.05, 0) is 46.6 Å². The number of rotatable bonds is 6. The van der Waals surface area contributed by atoms with Crippen molar-refractivity contribution in [1.82, 2.24) is 4.90 Å². The average molecular weight is 945 g/mol. The van der Waals surface area contributed by atoms with Gasteiger partial charge in [0.2, 0.25) is 0 Å². The highest BCUT2D eigenvalue weighted by atomic mass is 16.7. The van der Waals surface area contributed by atoms with Gasteiger partial charge in [-0.25, -0.2) is 4.99 Å². The van der Waals surface area contributed by atoms with Crippen molar-refractivity contribution in [2.45, 2.75) is 138 Å². The normalized spacial score (nSPS) is 32.5. The Morgan fingerprint density at radius 2 is 1.59 bits per heavy atom. The maximum Gasteiger partial charge on any atom is 0.320 e. The van der Waals surface area contributed by atoms with Gasteiger partial charge < -0.3 is 54.0 Å². The predicted octanol–water partition coefficient (Wildman–Crippen LogP) is 6.25. The minimum atomic E-state index is -2.00. The minimum absolute atomic E-state index is 0.0363. The lowest BCUT2D eigenvalue weighted by Gasteiger charge is -2.50. The minimum Gasteiger partial charge on any atom is -0.507 e. The fraction of sp³-hybridized carbons (Fsp3) is 0.608. The highest BCUT2D eigenvalue weighted by Gasteiger charge is 2.52. The summed E-state index contributed by atoms with van der Waals surface area (Å²) in [6, 6.07) is 0. The van der Waals surface area contributed by atoms with Gasteiger partial charge in [0.05, 0.1) is 41.2 Å². The third kappa shape index (κ3) is 9.26. The first-order valence-corrected chi connectivity index (χ1v) is 23.7. The van der Waals surface area contributed by atoms with E-state index in [2.05, 4.69) is 29.1 Å². The first kappa shape index (κ1) is 50.5. The van der Waals surface area contributed by atoms with Crippen molar-refractivity contribution in [2.24, 2.45) is 45.5 Å². The molecule has 0 aromatic heterocycles. The summed E-state index contributed by atoms with van der Waals surface area (Å²) >= 11 is 0. The second-order valence-electron chi connectivity index (χ2n) is 20.4. The summed E-state index contributed by atoms with van der Waals surface area (Å²) in [7, 11) is 1.47. The van der Waals surface area contributed by atoms with Crippen LogP contribution in [-0.4, -0.2) is 112 Å². The molecule has 17 heteroatoms. The summed E-state index contributed by atoms with van der Waals surface area (Å²) < 4.78 is 37.7. The zero-order valence-electron chi connectivity index (χ0n) is 41.5. The van der Waals surface area contributed by atoms with Crippen molar-refractivity contribution >= 4 is 40.1 Å². The van der Waals surface area contributed by atoms with Gasteiger partial charge in [-0.1, -0.05) is 59.8 Å². The summed E-state index contributed by atoms with van der Waals surface area (Å²) in [6.45, 7) is 23.8. The van der Waals surface area contributed by atoms with Crippen LogP contribution in [-0.2, 0) is 38.1 Å². The number of methoxy groups -OCH3 is 1. The molecule has 10 atom stereocenters. The molecule has 1 spiro atoms. The van der Waals surface area contributed by atoms with Gasteiger partial charge in [-0.2, -0.15) is 0 Å². The van der Waals surface area contributed by atoms with Crippen LogP contribution in [0.3, 0.4) is 0 Å². The summed E-state index contributed by atoms with van der Waals surface area (Å²) in [5.74, 6) is -10.3. The van der Waals surface area contributed by atoms with Crippen molar-refractivity contribution in [3.8, 4) is 17.2 Å². The van der Waals surface area contributed by atoms with Gasteiger partial charge in [0.25, 0.3) is 11.7 Å². The molecule has 2 saturated heterocycles. The second-order valence-corrected chi connectivity index (χ2v) is 20.4. The number of nitrogens with one attached hydrogen (secondary N) is 1. The quantitative estimate of drug-likeness (QED) is 0.143. The third-order valence-corrected chi connectivity index (χ3v) is 14.3. The largest absolute Gasteiger partial charge is 0.507 e. The Labute approximate surface area is 397 Å². The van der Waals surface area contributed by atoms with Crippen molar-refractivity contribution in [2.75, 3.05) is 32.1 Å².